The number of carbonyl (C=O) groups excluding carboxylic acids is 1. The molecule has 1 unspecified atom stereocenters. The molecule has 0 bridgehead atoms. The number of para-hydroxylation sites is 1. The van der Waals surface area contributed by atoms with Gasteiger partial charge in [-0.25, -0.2) is 4.68 Å². The van der Waals surface area contributed by atoms with Gasteiger partial charge in [-0.2, -0.15) is 5.10 Å². The third-order valence-corrected chi connectivity index (χ3v) is 5.45. The number of aromatic nitrogens is 2. The zero-order valence-corrected chi connectivity index (χ0v) is 14.9. The van der Waals surface area contributed by atoms with Crippen LogP contribution in [0.15, 0.2) is 24.3 Å². The fraction of sp³-hybridized carbons (Fsp3) is 0.500. The molecule has 1 atom stereocenters. The first-order valence-electron chi connectivity index (χ1n) is 9.16. The van der Waals surface area contributed by atoms with Gasteiger partial charge in [-0.05, 0) is 56.6 Å². The van der Waals surface area contributed by atoms with Crippen LogP contribution in [-0.2, 0) is 12.8 Å². The number of hydrogen-bond donors (Lipinski definition) is 1. The predicted molar refractivity (Wildman–Crippen MR) is 96.0 cm³/mol. The van der Waals surface area contributed by atoms with Gasteiger partial charge in [0.15, 0.2) is 5.69 Å². The Morgan fingerprint density at radius 1 is 1.36 bits per heavy atom. The summed E-state index contributed by atoms with van der Waals surface area (Å²) in [4.78, 5) is 14.6. The zero-order valence-electron chi connectivity index (χ0n) is 14.9. The molecule has 1 saturated carbocycles. The molecule has 2 aromatic rings. The minimum Gasteiger partial charge on any atom is -0.391 e. The Hall–Kier alpha value is -2.14. The molecule has 0 radical (unpaired) electrons. The van der Waals surface area contributed by atoms with Crippen LogP contribution in [0.3, 0.4) is 0 Å². The summed E-state index contributed by atoms with van der Waals surface area (Å²) in [6.45, 7) is 2.45. The first kappa shape index (κ1) is 16.3. The molecule has 1 amide bonds. The molecular weight excluding hydrogens is 314 g/mol. The van der Waals surface area contributed by atoms with E-state index in [1.165, 1.54) is 0 Å². The van der Waals surface area contributed by atoms with Gasteiger partial charge in [0.2, 0.25) is 0 Å². The first-order chi connectivity index (χ1) is 12.1. The van der Waals surface area contributed by atoms with Crippen molar-refractivity contribution in [3.05, 3.63) is 46.8 Å². The van der Waals surface area contributed by atoms with E-state index in [4.69, 9.17) is 5.10 Å². The van der Waals surface area contributed by atoms with Crippen LogP contribution in [0.2, 0.25) is 0 Å². The number of likely N-dealkylation sites (N-methyl/N-ethyl adjacent to an activating group) is 1. The summed E-state index contributed by atoms with van der Waals surface area (Å²) in [6, 6.07) is 8.14. The van der Waals surface area contributed by atoms with Gasteiger partial charge in [0.05, 0.1) is 11.8 Å². The molecule has 1 N–H and O–H groups in total. The lowest BCUT2D eigenvalue weighted by Crippen LogP contribution is -2.35. The minimum atomic E-state index is -0.416. The Morgan fingerprint density at radius 3 is 2.84 bits per heavy atom. The molecule has 1 fully saturated rings. The van der Waals surface area contributed by atoms with Crippen LogP contribution in [0.1, 0.15) is 46.6 Å². The van der Waals surface area contributed by atoms with Gasteiger partial charge in [0, 0.05) is 24.8 Å². The summed E-state index contributed by atoms with van der Waals surface area (Å²) in [7, 11) is 1.77. The van der Waals surface area contributed by atoms with E-state index in [0.717, 1.165) is 54.6 Å². The molecule has 1 aromatic heterocycles. The van der Waals surface area contributed by atoms with Crippen LogP contribution in [0.4, 0.5) is 0 Å². The molecule has 5 nitrogen and oxygen atoms in total. The number of aryl methyl sites for hydroxylation is 1. The van der Waals surface area contributed by atoms with Crippen molar-refractivity contribution in [2.75, 3.05) is 13.6 Å². The number of hydrogen-bond acceptors (Lipinski definition) is 3. The molecule has 2 aliphatic carbocycles. The number of benzene rings is 1. The first-order valence-corrected chi connectivity index (χ1v) is 9.16. The number of aliphatic hydroxyl groups is 1. The van der Waals surface area contributed by atoms with E-state index in [9.17, 15) is 9.90 Å². The normalized spacial score (nSPS) is 17.4. The van der Waals surface area contributed by atoms with Crippen LogP contribution < -0.4 is 0 Å². The van der Waals surface area contributed by atoms with Gasteiger partial charge in [-0.15, -0.1) is 0 Å². The van der Waals surface area contributed by atoms with E-state index < -0.39 is 6.10 Å². The number of carbonyl (C=O) groups is 1. The molecule has 132 valence electrons. The molecule has 0 saturated heterocycles. The summed E-state index contributed by atoms with van der Waals surface area (Å²) in [5, 5.41) is 14.8. The molecular formula is C20H25N3O2. The van der Waals surface area contributed by atoms with Gasteiger partial charge >= 0.3 is 0 Å². The maximum atomic E-state index is 13.0. The Labute approximate surface area is 148 Å². The van der Waals surface area contributed by atoms with E-state index in [2.05, 4.69) is 19.1 Å². The third kappa shape index (κ3) is 2.97. The quantitative estimate of drug-likeness (QED) is 0.911. The second-order valence-corrected chi connectivity index (χ2v) is 7.42. The largest absolute Gasteiger partial charge is 0.391 e. The fourth-order valence-corrected chi connectivity index (χ4v) is 3.78. The highest BCUT2D eigenvalue weighted by atomic mass is 16.3. The zero-order chi connectivity index (χ0) is 17.6. The smallest absolute Gasteiger partial charge is 0.274 e. The van der Waals surface area contributed by atoms with Crippen molar-refractivity contribution < 1.29 is 9.90 Å². The maximum Gasteiger partial charge on any atom is 0.274 e. The Morgan fingerprint density at radius 2 is 2.12 bits per heavy atom. The summed E-state index contributed by atoms with van der Waals surface area (Å²) < 4.78 is 1.95. The topological polar surface area (TPSA) is 58.4 Å². The standard InChI is InChI=1S/C20H25N3O2/c1-13-6-3-4-8-16(13)23-17-9-5-7-15(17)19(21-23)20(25)22(2)12-18(24)14-10-11-14/h3-4,6,8,14,18,24H,5,7,9-12H2,1-2H3. The molecule has 5 heteroatoms. The van der Waals surface area contributed by atoms with E-state index in [-0.39, 0.29) is 5.91 Å². The molecule has 0 spiro atoms. The highest BCUT2D eigenvalue weighted by Crippen LogP contribution is 2.33. The average Bonchev–Trinajstić information content (AvgIpc) is 3.24. The molecule has 1 aromatic carbocycles. The molecule has 1 heterocycles. The van der Waals surface area contributed by atoms with Crippen LogP contribution in [0.25, 0.3) is 5.69 Å². The van der Waals surface area contributed by atoms with Crippen molar-refractivity contribution in [2.45, 2.75) is 45.1 Å². The summed E-state index contributed by atoms with van der Waals surface area (Å²) >= 11 is 0. The highest BCUT2D eigenvalue weighted by Gasteiger charge is 2.33. The summed E-state index contributed by atoms with van der Waals surface area (Å²) in [5.74, 6) is 0.288. The van der Waals surface area contributed by atoms with Crippen molar-refractivity contribution in [1.29, 1.82) is 0 Å². The van der Waals surface area contributed by atoms with Crippen molar-refractivity contribution in [3.63, 3.8) is 0 Å². The lowest BCUT2D eigenvalue weighted by atomic mass is 10.1. The van der Waals surface area contributed by atoms with Crippen LogP contribution in [0, 0.1) is 12.8 Å². The minimum absolute atomic E-state index is 0.0785. The van der Waals surface area contributed by atoms with Crippen LogP contribution >= 0.6 is 0 Å². The Bertz CT molecular complexity index is 807. The number of fused-ring (bicyclic) bond motifs is 1. The van der Waals surface area contributed by atoms with E-state index in [1.807, 2.05) is 16.8 Å². The number of nitrogens with zero attached hydrogens (tertiary/aromatic N) is 3. The molecule has 4 rings (SSSR count). The monoisotopic (exact) mass is 339 g/mol. The third-order valence-electron chi connectivity index (χ3n) is 5.45. The van der Waals surface area contributed by atoms with E-state index in [1.54, 1.807) is 11.9 Å². The maximum absolute atomic E-state index is 13.0. The summed E-state index contributed by atoms with van der Waals surface area (Å²) in [6.07, 6.45) is 4.65. The fourth-order valence-electron chi connectivity index (χ4n) is 3.78. The number of aliphatic hydroxyl groups excluding tert-OH is 1. The lowest BCUT2D eigenvalue weighted by molar-refractivity contribution is 0.0639. The number of rotatable bonds is 5. The molecule has 2 aliphatic rings. The molecule has 0 aliphatic heterocycles. The van der Waals surface area contributed by atoms with Gasteiger partial charge < -0.3 is 10.0 Å². The van der Waals surface area contributed by atoms with Crippen molar-refractivity contribution in [3.8, 4) is 5.69 Å². The van der Waals surface area contributed by atoms with Crippen molar-refractivity contribution in [2.24, 2.45) is 5.92 Å². The van der Waals surface area contributed by atoms with Crippen LogP contribution in [0.5, 0.6) is 0 Å². The molecule has 25 heavy (non-hydrogen) atoms. The Balaban J connectivity index is 1.65. The van der Waals surface area contributed by atoms with Crippen LogP contribution in [-0.4, -0.2) is 45.4 Å². The van der Waals surface area contributed by atoms with Gasteiger partial charge in [0.25, 0.3) is 5.91 Å². The predicted octanol–water partition coefficient (Wildman–Crippen LogP) is 2.51. The SMILES string of the molecule is Cc1ccccc1-n1nc(C(=O)N(C)CC(O)C2CC2)c2c1CCC2. The number of amides is 1. The van der Waals surface area contributed by atoms with E-state index >= 15 is 0 Å². The second kappa shape index (κ2) is 6.30. The lowest BCUT2D eigenvalue weighted by Gasteiger charge is -2.20. The summed E-state index contributed by atoms with van der Waals surface area (Å²) in [5.41, 5.74) is 4.99. The van der Waals surface area contributed by atoms with Gasteiger partial charge in [0.1, 0.15) is 0 Å². The Kier molecular flexibility index (Phi) is 4.12. The highest BCUT2D eigenvalue weighted by molar-refractivity contribution is 5.94. The average molecular weight is 339 g/mol. The van der Waals surface area contributed by atoms with Crippen molar-refractivity contribution >= 4 is 5.91 Å². The second-order valence-electron chi connectivity index (χ2n) is 7.42. The van der Waals surface area contributed by atoms with Crippen molar-refractivity contribution in [1.82, 2.24) is 14.7 Å². The van der Waals surface area contributed by atoms with Gasteiger partial charge in [-0.1, -0.05) is 18.2 Å². The van der Waals surface area contributed by atoms with Gasteiger partial charge in [-0.3, -0.25) is 4.79 Å². The van der Waals surface area contributed by atoms with E-state index in [0.29, 0.717) is 18.2 Å².